The average Bonchev–Trinajstić information content (AvgIpc) is 3.73. The number of aromatic nitrogens is 3. The number of carbonyl (C=O) groups is 2. The molecule has 1 saturated heterocycles. The Morgan fingerprint density at radius 2 is 1.62 bits per heavy atom. The molecule has 2 aromatic heterocycles. The molecule has 1 amide bonds. The van der Waals surface area contributed by atoms with Gasteiger partial charge in [-0.15, -0.1) is 0 Å². The van der Waals surface area contributed by atoms with Gasteiger partial charge in [-0.1, -0.05) is 66.7 Å². The highest BCUT2D eigenvalue weighted by atomic mass is 16.5. The number of amides is 1. The fraction of sp³-hybridized carbons (Fsp3) is 0.340. The molecule has 4 heterocycles. The second kappa shape index (κ2) is 17.6. The van der Waals surface area contributed by atoms with Gasteiger partial charge in [0.2, 0.25) is 5.91 Å². The first kappa shape index (κ1) is 38.8. The molecule has 0 radical (unpaired) electrons. The third-order valence-electron chi connectivity index (χ3n) is 11.2. The molecular weight excluding hydrogens is 731 g/mol. The van der Waals surface area contributed by atoms with Crippen LogP contribution in [0.2, 0.25) is 0 Å². The van der Waals surface area contributed by atoms with E-state index in [1.165, 1.54) is 0 Å². The van der Waals surface area contributed by atoms with E-state index in [9.17, 15) is 9.59 Å². The fourth-order valence-corrected chi connectivity index (χ4v) is 8.34. The molecular formula is C47H51N5O6. The molecule has 0 spiro atoms. The van der Waals surface area contributed by atoms with Crippen molar-refractivity contribution in [3.05, 3.63) is 120 Å². The van der Waals surface area contributed by atoms with E-state index < -0.39 is 0 Å². The summed E-state index contributed by atoms with van der Waals surface area (Å²) in [4.78, 5) is 30.0. The summed E-state index contributed by atoms with van der Waals surface area (Å²) >= 11 is 0. The summed E-state index contributed by atoms with van der Waals surface area (Å²) in [7, 11) is 1.94. The van der Waals surface area contributed by atoms with Gasteiger partial charge >= 0.3 is 5.97 Å². The number of fused-ring (bicyclic) bond motifs is 3. The number of carbonyl (C=O) groups excluding carboxylic acids is 2. The molecule has 2 aliphatic heterocycles. The predicted molar refractivity (Wildman–Crippen MR) is 227 cm³/mol. The summed E-state index contributed by atoms with van der Waals surface area (Å²) in [5.74, 6) is 1.38. The van der Waals surface area contributed by atoms with E-state index in [-0.39, 0.29) is 25.1 Å². The Labute approximate surface area is 339 Å². The van der Waals surface area contributed by atoms with Crippen LogP contribution in [-0.2, 0) is 47.5 Å². The summed E-state index contributed by atoms with van der Waals surface area (Å²) in [6.07, 6.45) is 6.20. The van der Waals surface area contributed by atoms with Gasteiger partial charge in [-0.2, -0.15) is 5.10 Å². The van der Waals surface area contributed by atoms with Gasteiger partial charge < -0.3 is 33.3 Å². The lowest BCUT2D eigenvalue weighted by Gasteiger charge is -2.35. The number of esters is 1. The second-order valence-electron chi connectivity index (χ2n) is 14.8. The zero-order valence-corrected chi connectivity index (χ0v) is 33.6. The van der Waals surface area contributed by atoms with Gasteiger partial charge in [0, 0.05) is 74.3 Å². The van der Waals surface area contributed by atoms with Gasteiger partial charge in [0.05, 0.1) is 37.6 Å². The van der Waals surface area contributed by atoms with Crippen LogP contribution >= 0.6 is 0 Å². The third kappa shape index (κ3) is 8.04. The number of benzene rings is 4. The van der Waals surface area contributed by atoms with E-state index >= 15 is 0 Å². The predicted octanol–water partition coefficient (Wildman–Crippen LogP) is 8.11. The summed E-state index contributed by atoms with van der Waals surface area (Å²) in [6.45, 7) is 8.92. The molecule has 0 bridgehead atoms. The Hall–Kier alpha value is -6.07. The van der Waals surface area contributed by atoms with Crippen molar-refractivity contribution in [1.82, 2.24) is 19.2 Å². The van der Waals surface area contributed by atoms with Crippen molar-refractivity contribution in [3.63, 3.8) is 0 Å². The molecule has 0 saturated carbocycles. The van der Waals surface area contributed by atoms with Crippen LogP contribution in [0.1, 0.15) is 54.1 Å². The minimum absolute atomic E-state index is 0.120. The monoisotopic (exact) mass is 781 g/mol. The van der Waals surface area contributed by atoms with E-state index in [2.05, 4.69) is 64.1 Å². The van der Waals surface area contributed by atoms with Gasteiger partial charge in [-0.05, 0) is 67.5 Å². The number of ether oxygens (including phenoxy) is 4. The van der Waals surface area contributed by atoms with E-state index in [1.807, 2.05) is 66.0 Å². The Bertz CT molecular complexity index is 2430. The average molecular weight is 782 g/mol. The normalized spacial score (nSPS) is 15.1. The van der Waals surface area contributed by atoms with Crippen molar-refractivity contribution < 1.29 is 28.5 Å². The lowest BCUT2D eigenvalue weighted by atomic mass is 9.98. The van der Waals surface area contributed by atoms with Gasteiger partial charge in [-0.3, -0.25) is 9.48 Å². The molecule has 11 heteroatoms. The van der Waals surface area contributed by atoms with Gasteiger partial charge in [-0.25, -0.2) is 4.79 Å². The topological polar surface area (TPSA) is 100 Å². The molecule has 2 aliphatic rings. The number of hydrogen-bond donors (Lipinski definition) is 0. The highest BCUT2D eigenvalue weighted by Gasteiger charge is 2.29. The van der Waals surface area contributed by atoms with E-state index in [0.29, 0.717) is 44.9 Å². The molecule has 11 nitrogen and oxygen atoms in total. The number of allylic oxidation sites excluding steroid dienone is 1. The number of piperazine rings is 1. The van der Waals surface area contributed by atoms with E-state index in [0.717, 1.165) is 99.5 Å². The molecule has 58 heavy (non-hydrogen) atoms. The molecule has 300 valence electrons. The summed E-state index contributed by atoms with van der Waals surface area (Å²) in [6, 6.07) is 28.8. The second-order valence-corrected chi connectivity index (χ2v) is 14.8. The van der Waals surface area contributed by atoms with E-state index in [1.54, 1.807) is 6.92 Å². The molecule has 8 rings (SSSR count). The minimum atomic E-state index is -0.326. The van der Waals surface area contributed by atoms with Crippen LogP contribution in [-0.4, -0.2) is 77.1 Å². The highest BCUT2D eigenvalue weighted by Crippen LogP contribution is 2.39. The summed E-state index contributed by atoms with van der Waals surface area (Å²) in [5, 5.41) is 8.24. The number of rotatable bonds is 11. The minimum Gasteiger partial charge on any atom is -0.493 e. The largest absolute Gasteiger partial charge is 0.493 e. The smallest absolute Gasteiger partial charge is 0.355 e. The molecule has 0 unspecified atom stereocenters. The van der Waals surface area contributed by atoms with Gasteiger partial charge in [0.25, 0.3) is 0 Å². The fourth-order valence-electron chi connectivity index (χ4n) is 8.34. The molecule has 0 atom stereocenters. The van der Waals surface area contributed by atoms with Crippen LogP contribution in [0.25, 0.3) is 32.8 Å². The van der Waals surface area contributed by atoms with Crippen molar-refractivity contribution in [2.24, 2.45) is 7.05 Å². The van der Waals surface area contributed by atoms with Crippen LogP contribution in [0.15, 0.2) is 97.1 Å². The summed E-state index contributed by atoms with van der Waals surface area (Å²) in [5.41, 5.74) is 7.23. The Kier molecular flexibility index (Phi) is 11.8. The lowest BCUT2D eigenvalue weighted by molar-refractivity contribution is -0.129. The number of para-hydroxylation sites is 1. The lowest BCUT2D eigenvalue weighted by Crippen LogP contribution is -2.48. The zero-order chi connectivity index (χ0) is 40.0. The quantitative estimate of drug-likeness (QED) is 0.0739. The van der Waals surface area contributed by atoms with Gasteiger partial charge in [0.15, 0.2) is 0 Å². The molecule has 4 aromatic carbocycles. The van der Waals surface area contributed by atoms with Crippen LogP contribution < -0.4 is 14.4 Å². The standard InChI is InChI=1S/C47H51N5O6/c1-4-56-47(54)46-39(18-12-30-57-43-19-10-14-34-13-6-7-15-37(34)43)38-16-11-17-40-44-41(48-49(3)42(44)32-55-29-9-5-8-24-52(46)45(38)40)31-58-36-22-20-35(21-23-36)51-27-25-50(26-28-51)33(2)53/h5-7,9-11,13-17,19-23H,4,8,12,18,24-32H2,1-3H3/b9-5-. The Morgan fingerprint density at radius 3 is 2.43 bits per heavy atom. The van der Waals surface area contributed by atoms with Crippen molar-refractivity contribution in [3.8, 4) is 22.6 Å². The van der Waals surface area contributed by atoms with Crippen molar-refractivity contribution >= 4 is 39.2 Å². The molecule has 1 fully saturated rings. The summed E-state index contributed by atoms with van der Waals surface area (Å²) < 4.78 is 28.8. The first-order valence-corrected chi connectivity index (χ1v) is 20.3. The SMILES string of the molecule is CCOC(=O)c1c(CCCOc2cccc3ccccc23)c2cccc3c2n1CC/C=C\COCc1c-3c(COc2ccc(N3CCN(C(C)=O)CC3)cc2)nn1C. The maximum absolute atomic E-state index is 14.0. The maximum Gasteiger partial charge on any atom is 0.355 e. The number of nitrogens with zero attached hydrogens (tertiary/aromatic N) is 5. The zero-order valence-electron chi connectivity index (χ0n) is 33.6. The van der Waals surface area contributed by atoms with Crippen molar-refractivity contribution in [1.29, 1.82) is 0 Å². The maximum atomic E-state index is 14.0. The van der Waals surface area contributed by atoms with Crippen LogP contribution in [0.3, 0.4) is 0 Å². The van der Waals surface area contributed by atoms with E-state index in [4.69, 9.17) is 24.0 Å². The van der Waals surface area contributed by atoms with Gasteiger partial charge in [0.1, 0.15) is 29.5 Å². The first-order chi connectivity index (χ1) is 28.4. The Morgan fingerprint density at radius 1 is 0.845 bits per heavy atom. The van der Waals surface area contributed by atoms with Crippen LogP contribution in [0.5, 0.6) is 11.5 Å². The van der Waals surface area contributed by atoms with Crippen molar-refractivity contribution in [2.75, 3.05) is 50.9 Å². The molecule has 0 N–H and O–H groups in total. The Balaban J connectivity index is 1.12. The molecule has 6 aromatic rings. The van der Waals surface area contributed by atoms with Crippen LogP contribution in [0, 0.1) is 0 Å². The molecule has 0 aliphatic carbocycles. The third-order valence-corrected chi connectivity index (χ3v) is 11.2. The first-order valence-electron chi connectivity index (χ1n) is 20.3. The number of hydrogen-bond acceptors (Lipinski definition) is 8. The highest BCUT2D eigenvalue weighted by molar-refractivity contribution is 6.05. The number of aryl methyl sites for hydroxylation is 3. The van der Waals surface area contributed by atoms with Crippen molar-refractivity contribution in [2.45, 2.75) is 52.9 Å². The van der Waals surface area contributed by atoms with Crippen LogP contribution in [0.4, 0.5) is 5.69 Å². The number of anilines is 1.